The van der Waals surface area contributed by atoms with Gasteiger partial charge in [0.1, 0.15) is 5.82 Å². The topological polar surface area (TPSA) is 90.0 Å². The molecule has 4 N–H and O–H groups in total. The zero-order valence-electron chi connectivity index (χ0n) is 8.66. The number of hydrogen-bond acceptors (Lipinski definition) is 5. The number of nitrogens with one attached hydrogen (secondary N) is 3. The van der Waals surface area contributed by atoms with Gasteiger partial charge in [0.25, 0.3) is 5.56 Å². The maximum atomic E-state index is 10.9. The summed E-state index contributed by atoms with van der Waals surface area (Å²) in [4.78, 5) is 17.2. The first-order valence-electron chi connectivity index (χ1n) is 4.86. The van der Waals surface area contributed by atoms with Gasteiger partial charge in [-0.2, -0.15) is 0 Å². The van der Waals surface area contributed by atoms with Gasteiger partial charge in [0.2, 0.25) is 0 Å². The van der Waals surface area contributed by atoms with Gasteiger partial charge in [-0.1, -0.05) is 0 Å². The molecular weight excluding hydrogens is 196 g/mol. The van der Waals surface area contributed by atoms with Gasteiger partial charge in [0.15, 0.2) is 0 Å². The van der Waals surface area contributed by atoms with Crippen molar-refractivity contribution in [1.29, 1.82) is 0 Å². The molecule has 0 saturated heterocycles. The highest BCUT2D eigenvalue weighted by Gasteiger charge is 1.95. The zero-order valence-corrected chi connectivity index (χ0v) is 8.66. The maximum Gasteiger partial charge on any atom is 0.252 e. The van der Waals surface area contributed by atoms with Gasteiger partial charge in [-0.3, -0.25) is 4.79 Å². The average Bonchev–Trinajstić information content (AvgIpc) is 2.17. The Bertz CT molecular complexity index is 337. The highest BCUT2D eigenvalue weighted by atomic mass is 16.3. The Balaban J connectivity index is 2.18. The number of aromatic amines is 1. The standard InChI is InChI=1S/C9H16N4O2/c1-7(14)5-10-2-3-11-8-4-9(15)13-6-12-8/h4,6-7,10,14H,2-3,5H2,1H3,(H2,11,12,13,15). The smallest absolute Gasteiger partial charge is 0.252 e. The van der Waals surface area contributed by atoms with Crippen LogP contribution in [0.4, 0.5) is 5.82 Å². The van der Waals surface area contributed by atoms with E-state index in [4.69, 9.17) is 5.11 Å². The second-order valence-electron chi connectivity index (χ2n) is 3.28. The fourth-order valence-electron chi connectivity index (χ4n) is 1.06. The molecule has 1 rings (SSSR count). The summed E-state index contributed by atoms with van der Waals surface area (Å²) in [5, 5.41) is 15.0. The predicted molar refractivity (Wildman–Crippen MR) is 57.9 cm³/mol. The molecule has 0 saturated carbocycles. The van der Waals surface area contributed by atoms with Gasteiger partial charge in [-0.15, -0.1) is 0 Å². The number of aromatic nitrogens is 2. The third kappa shape index (κ3) is 5.14. The average molecular weight is 212 g/mol. The Morgan fingerprint density at radius 2 is 2.40 bits per heavy atom. The normalized spacial score (nSPS) is 12.4. The molecular formula is C9H16N4O2. The minimum Gasteiger partial charge on any atom is -0.392 e. The molecule has 84 valence electrons. The van der Waals surface area contributed by atoms with Crippen molar-refractivity contribution >= 4 is 5.82 Å². The van der Waals surface area contributed by atoms with Crippen molar-refractivity contribution in [3.63, 3.8) is 0 Å². The molecule has 0 amide bonds. The molecule has 0 spiro atoms. The third-order valence-electron chi connectivity index (χ3n) is 1.73. The monoisotopic (exact) mass is 212 g/mol. The molecule has 1 unspecified atom stereocenters. The van der Waals surface area contributed by atoms with Crippen LogP contribution in [0.1, 0.15) is 6.92 Å². The van der Waals surface area contributed by atoms with E-state index in [0.29, 0.717) is 25.5 Å². The van der Waals surface area contributed by atoms with Gasteiger partial charge in [-0.05, 0) is 6.92 Å². The minimum atomic E-state index is -0.345. The van der Waals surface area contributed by atoms with Crippen molar-refractivity contribution < 1.29 is 5.11 Å². The van der Waals surface area contributed by atoms with Gasteiger partial charge in [-0.25, -0.2) is 4.98 Å². The molecule has 0 aliphatic carbocycles. The third-order valence-corrected chi connectivity index (χ3v) is 1.73. The molecule has 0 aromatic carbocycles. The molecule has 0 bridgehead atoms. The van der Waals surface area contributed by atoms with Crippen LogP contribution in [0.2, 0.25) is 0 Å². The fraction of sp³-hybridized carbons (Fsp3) is 0.556. The predicted octanol–water partition coefficient (Wildman–Crippen LogP) is -0.848. The van der Waals surface area contributed by atoms with Crippen molar-refractivity contribution in [2.45, 2.75) is 13.0 Å². The van der Waals surface area contributed by atoms with Crippen molar-refractivity contribution in [3.05, 3.63) is 22.7 Å². The summed E-state index contributed by atoms with van der Waals surface area (Å²) in [7, 11) is 0. The van der Waals surface area contributed by atoms with Gasteiger partial charge >= 0.3 is 0 Å². The van der Waals surface area contributed by atoms with E-state index in [1.54, 1.807) is 6.92 Å². The van der Waals surface area contributed by atoms with Crippen molar-refractivity contribution in [3.8, 4) is 0 Å². The van der Waals surface area contributed by atoms with E-state index in [1.807, 2.05) is 0 Å². The summed E-state index contributed by atoms with van der Waals surface area (Å²) >= 11 is 0. The van der Waals surface area contributed by atoms with E-state index in [9.17, 15) is 4.79 Å². The quantitative estimate of drug-likeness (QED) is 0.461. The second-order valence-corrected chi connectivity index (χ2v) is 3.28. The number of H-pyrrole nitrogens is 1. The molecule has 6 heteroatoms. The molecule has 0 aliphatic rings. The van der Waals surface area contributed by atoms with E-state index in [1.165, 1.54) is 12.4 Å². The maximum absolute atomic E-state index is 10.9. The first-order chi connectivity index (χ1) is 7.18. The van der Waals surface area contributed by atoms with Crippen LogP contribution in [0.5, 0.6) is 0 Å². The van der Waals surface area contributed by atoms with Crippen LogP contribution in [0.15, 0.2) is 17.2 Å². The molecule has 0 fully saturated rings. The largest absolute Gasteiger partial charge is 0.392 e. The summed E-state index contributed by atoms with van der Waals surface area (Å²) in [6.07, 6.45) is 1.01. The van der Waals surface area contributed by atoms with E-state index >= 15 is 0 Å². The van der Waals surface area contributed by atoms with Crippen molar-refractivity contribution in [1.82, 2.24) is 15.3 Å². The summed E-state index contributed by atoms with van der Waals surface area (Å²) < 4.78 is 0. The zero-order chi connectivity index (χ0) is 11.1. The summed E-state index contributed by atoms with van der Waals surface area (Å²) in [5.74, 6) is 0.553. The van der Waals surface area contributed by atoms with Crippen molar-refractivity contribution in [2.75, 3.05) is 25.0 Å². The number of hydrogen-bond donors (Lipinski definition) is 4. The van der Waals surface area contributed by atoms with Crippen LogP contribution >= 0.6 is 0 Å². The Morgan fingerprint density at radius 1 is 1.60 bits per heavy atom. The second kappa shape index (κ2) is 6.15. The lowest BCUT2D eigenvalue weighted by atomic mass is 10.4. The lowest BCUT2D eigenvalue weighted by molar-refractivity contribution is 0.192. The van der Waals surface area contributed by atoms with E-state index in [0.717, 1.165) is 0 Å². The van der Waals surface area contributed by atoms with Crippen LogP contribution in [-0.2, 0) is 0 Å². The highest BCUT2D eigenvalue weighted by molar-refractivity contribution is 5.31. The number of anilines is 1. The molecule has 1 atom stereocenters. The molecule has 1 aromatic heterocycles. The van der Waals surface area contributed by atoms with Crippen LogP contribution in [-0.4, -0.2) is 40.8 Å². The number of nitrogens with zero attached hydrogens (tertiary/aromatic N) is 1. The lowest BCUT2D eigenvalue weighted by Gasteiger charge is -2.07. The van der Waals surface area contributed by atoms with Crippen LogP contribution in [0.25, 0.3) is 0 Å². The molecule has 0 radical (unpaired) electrons. The fourth-order valence-corrected chi connectivity index (χ4v) is 1.06. The summed E-state index contributed by atoms with van der Waals surface area (Å²) in [5.41, 5.74) is -0.176. The summed E-state index contributed by atoms with van der Waals surface area (Å²) in [6, 6.07) is 1.40. The van der Waals surface area contributed by atoms with Gasteiger partial charge in [0.05, 0.1) is 12.4 Å². The molecule has 1 aromatic rings. The first kappa shape index (κ1) is 11.7. The first-order valence-corrected chi connectivity index (χ1v) is 4.86. The minimum absolute atomic E-state index is 0.176. The van der Waals surface area contributed by atoms with E-state index in [-0.39, 0.29) is 11.7 Å². The molecule has 0 aliphatic heterocycles. The lowest BCUT2D eigenvalue weighted by Crippen LogP contribution is -2.29. The van der Waals surface area contributed by atoms with Crippen LogP contribution in [0, 0.1) is 0 Å². The van der Waals surface area contributed by atoms with Crippen LogP contribution < -0.4 is 16.2 Å². The summed E-state index contributed by atoms with van der Waals surface area (Å²) in [6.45, 7) is 3.64. The van der Waals surface area contributed by atoms with Crippen molar-refractivity contribution in [2.24, 2.45) is 0 Å². The Labute approximate surface area is 87.8 Å². The van der Waals surface area contributed by atoms with Crippen LogP contribution in [0.3, 0.4) is 0 Å². The number of aliphatic hydroxyl groups excluding tert-OH is 1. The van der Waals surface area contributed by atoms with Gasteiger partial charge in [0, 0.05) is 25.7 Å². The molecule has 1 heterocycles. The number of aliphatic hydroxyl groups is 1. The number of rotatable bonds is 6. The highest BCUT2D eigenvalue weighted by Crippen LogP contribution is 1.92. The SMILES string of the molecule is CC(O)CNCCNc1cc(=O)[nH]cn1. The Morgan fingerprint density at radius 3 is 3.07 bits per heavy atom. The Hall–Kier alpha value is -1.40. The van der Waals surface area contributed by atoms with E-state index < -0.39 is 0 Å². The molecule has 15 heavy (non-hydrogen) atoms. The molecule has 6 nitrogen and oxygen atoms in total. The van der Waals surface area contributed by atoms with E-state index in [2.05, 4.69) is 20.6 Å². The van der Waals surface area contributed by atoms with Gasteiger partial charge < -0.3 is 20.7 Å². The Kier molecular flexibility index (Phi) is 4.79.